The van der Waals surface area contributed by atoms with E-state index in [1.807, 2.05) is 19.1 Å². The van der Waals surface area contributed by atoms with Gasteiger partial charge in [0.25, 0.3) is 5.91 Å². The maximum atomic E-state index is 12.4. The standard InChI is InChI=1S/C18H15NO5/c1-9-3-6-15-12(7-9)10(2)16(24-15)17(21)19-11-4-5-14(20)13(8-11)18(22)23/h3-8,20H,1-2H3,(H,19,21)(H,22,23). The number of nitrogens with one attached hydrogen (secondary N) is 1. The van der Waals surface area contributed by atoms with Crippen molar-refractivity contribution in [2.75, 3.05) is 5.32 Å². The lowest BCUT2D eigenvalue weighted by Gasteiger charge is -2.06. The van der Waals surface area contributed by atoms with Crippen molar-refractivity contribution in [3.63, 3.8) is 0 Å². The summed E-state index contributed by atoms with van der Waals surface area (Å²) in [5, 5.41) is 22.0. The van der Waals surface area contributed by atoms with E-state index >= 15 is 0 Å². The van der Waals surface area contributed by atoms with Crippen molar-refractivity contribution in [1.82, 2.24) is 0 Å². The molecule has 0 unspecified atom stereocenters. The normalized spacial score (nSPS) is 10.8. The van der Waals surface area contributed by atoms with E-state index in [0.29, 0.717) is 11.1 Å². The third kappa shape index (κ3) is 2.69. The van der Waals surface area contributed by atoms with Gasteiger partial charge >= 0.3 is 5.97 Å². The fourth-order valence-corrected chi connectivity index (χ4v) is 2.52. The van der Waals surface area contributed by atoms with Crippen molar-refractivity contribution in [1.29, 1.82) is 0 Å². The van der Waals surface area contributed by atoms with Gasteiger partial charge in [-0.15, -0.1) is 0 Å². The summed E-state index contributed by atoms with van der Waals surface area (Å²) in [7, 11) is 0. The molecule has 0 spiro atoms. The predicted octanol–water partition coefficient (Wildman–Crippen LogP) is 3.71. The Balaban J connectivity index is 1.94. The Morgan fingerprint density at radius 3 is 2.54 bits per heavy atom. The third-order valence-corrected chi connectivity index (χ3v) is 3.78. The van der Waals surface area contributed by atoms with Crippen molar-refractivity contribution < 1.29 is 24.2 Å². The second kappa shape index (κ2) is 5.73. The Hall–Kier alpha value is -3.28. The van der Waals surface area contributed by atoms with E-state index in [4.69, 9.17) is 9.52 Å². The van der Waals surface area contributed by atoms with Crippen LogP contribution in [0.25, 0.3) is 11.0 Å². The number of rotatable bonds is 3. The Morgan fingerprint density at radius 1 is 1.08 bits per heavy atom. The lowest BCUT2D eigenvalue weighted by atomic mass is 10.1. The molecule has 3 N–H and O–H groups in total. The molecule has 0 fully saturated rings. The summed E-state index contributed by atoms with van der Waals surface area (Å²) >= 11 is 0. The number of amides is 1. The molecule has 6 nitrogen and oxygen atoms in total. The number of furan rings is 1. The number of aromatic hydroxyl groups is 1. The fraction of sp³-hybridized carbons (Fsp3) is 0.111. The lowest BCUT2D eigenvalue weighted by Crippen LogP contribution is -2.12. The van der Waals surface area contributed by atoms with Gasteiger partial charge in [-0.1, -0.05) is 11.6 Å². The SMILES string of the molecule is Cc1ccc2oc(C(=O)Nc3ccc(O)c(C(=O)O)c3)c(C)c2c1. The Kier molecular flexibility index (Phi) is 3.73. The Bertz CT molecular complexity index is 971. The number of fused-ring (bicyclic) bond motifs is 1. The molecule has 0 bridgehead atoms. The van der Waals surface area contributed by atoms with Crippen LogP contribution in [-0.2, 0) is 0 Å². The highest BCUT2D eigenvalue weighted by Crippen LogP contribution is 2.27. The molecule has 1 aromatic heterocycles. The second-order valence-electron chi connectivity index (χ2n) is 5.55. The molecule has 0 aliphatic rings. The topological polar surface area (TPSA) is 99.8 Å². The van der Waals surface area contributed by atoms with Crippen molar-refractivity contribution in [2.45, 2.75) is 13.8 Å². The van der Waals surface area contributed by atoms with E-state index < -0.39 is 11.9 Å². The smallest absolute Gasteiger partial charge is 0.339 e. The highest BCUT2D eigenvalue weighted by Gasteiger charge is 2.19. The number of hydrogen-bond donors (Lipinski definition) is 3. The number of benzene rings is 2. The molecule has 0 aliphatic carbocycles. The largest absolute Gasteiger partial charge is 0.507 e. The van der Waals surface area contributed by atoms with E-state index in [0.717, 1.165) is 10.9 Å². The van der Waals surface area contributed by atoms with Gasteiger partial charge in [-0.25, -0.2) is 4.79 Å². The molecule has 24 heavy (non-hydrogen) atoms. The van der Waals surface area contributed by atoms with Gasteiger partial charge in [-0.3, -0.25) is 4.79 Å². The number of anilines is 1. The molecule has 1 heterocycles. The number of phenols is 1. The average molecular weight is 325 g/mol. The molecule has 1 amide bonds. The van der Waals surface area contributed by atoms with Crippen LogP contribution >= 0.6 is 0 Å². The summed E-state index contributed by atoms with van der Waals surface area (Å²) in [5.74, 6) is -1.96. The van der Waals surface area contributed by atoms with E-state index in [1.165, 1.54) is 18.2 Å². The van der Waals surface area contributed by atoms with Gasteiger partial charge in [-0.05, 0) is 44.2 Å². The highest BCUT2D eigenvalue weighted by molar-refractivity contribution is 6.07. The fourth-order valence-electron chi connectivity index (χ4n) is 2.52. The van der Waals surface area contributed by atoms with Gasteiger partial charge < -0.3 is 19.9 Å². The molecule has 6 heteroatoms. The van der Waals surface area contributed by atoms with Crippen molar-refractivity contribution >= 4 is 28.5 Å². The maximum absolute atomic E-state index is 12.4. The first-order valence-corrected chi connectivity index (χ1v) is 7.24. The zero-order valence-electron chi connectivity index (χ0n) is 13.1. The Morgan fingerprint density at radius 2 is 1.83 bits per heavy atom. The van der Waals surface area contributed by atoms with Crippen molar-refractivity contribution in [2.24, 2.45) is 0 Å². The van der Waals surface area contributed by atoms with E-state index in [9.17, 15) is 14.7 Å². The average Bonchev–Trinajstić information content (AvgIpc) is 2.86. The van der Waals surface area contributed by atoms with E-state index in [-0.39, 0.29) is 22.8 Å². The van der Waals surface area contributed by atoms with Crippen LogP contribution in [0.4, 0.5) is 5.69 Å². The number of hydrogen-bond acceptors (Lipinski definition) is 4. The summed E-state index contributed by atoms with van der Waals surface area (Å²) in [5.41, 5.74) is 2.35. The second-order valence-corrected chi connectivity index (χ2v) is 5.55. The van der Waals surface area contributed by atoms with Gasteiger partial charge in [0.2, 0.25) is 0 Å². The predicted molar refractivity (Wildman–Crippen MR) is 88.7 cm³/mol. The van der Waals surface area contributed by atoms with Crippen LogP contribution < -0.4 is 5.32 Å². The molecule has 2 aromatic carbocycles. The van der Waals surface area contributed by atoms with Crippen LogP contribution in [0.2, 0.25) is 0 Å². The molecule has 3 aromatic rings. The highest BCUT2D eigenvalue weighted by atomic mass is 16.4. The lowest BCUT2D eigenvalue weighted by molar-refractivity contribution is 0.0693. The van der Waals surface area contributed by atoms with Crippen LogP contribution in [0.1, 0.15) is 32.0 Å². The molecule has 0 aliphatic heterocycles. The zero-order chi connectivity index (χ0) is 17.4. The minimum Gasteiger partial charge on any atom is -0.507 e. The molecule has 0 saturated heterocycles. The summed E-state index contributed by atoms with van der Waals surface area (Å²) in [6, 6.07) is 9.46. The number of aromatic carboxylic acids is 1. The summed E-state index contributed by atoms with van der Waals surface area (Å²) < 4.78 is 5.61. The van der Waals surface area contributed by atoms with Crippen LogP contribution in [0.3, 0.4) is 0 Å². The number of carbonyl (C=O) groups excluding carboxylic acids is 1. The first kappa shape index (κ1) is 15.6. The van der Waals surface area contributed by atoms with E-state index in [1.54, 1.807) is 13.0 Å². The van der Waals surface area contributed by atoms with E-state index in [2.05, 4.69) is 5.32 Å². The molecule has 0 radical (unpaired) electrons. The van der Waals surface area contributed by atoms with Crippen LogP contribution in [-0.4, -0.2) is 22.1 Å². The number of carboxylic acids is 1. The van der Waals surface area contributed by atoms with Gasteiger partial charge in [0, 0.05) is 16.6 Å². The first-order valence-electron chi connectivity index (χ1n) is 7.24. The molecule has 122 valence electrons. The van der Waals surface area contributed by atoms with Crippen molar-refractivity contribution in [3.8, 4) is 5.75 Å². The van der Waals surface area contributed by atoms with Gasteiger partial charge in [-0.2, -0.15) is 0 Å². The minimum absolute atomic E-state index is 0.167. The molecular weight excluding hydrogens is 310 g/mol. The summed E-state index contributed by atoms with van der Waals surface area (Å²) in [6.45, 7) is 3.75. The summed E-state index contributed by atoms with van der Waals surface area (Å²) in [6.07, 6.45) is 0. The number of aryl methyl sites for hydroxylation is 2. The van der Waals surface area contributed by atoms with Crippen molar-refractivity contribution in [3.05, 3.63) is 58.8 Å². The maximum Gasteiger partial charge on any atom is 0.339 e. The van der Waals surface area contributed by atoms with Gasteiger partial charge in [0.05, 0.1) is 0 Å². The molecule has 0 saturated carbocycles. The zero-order valence-corrected chi connectivity index (χ0v) is 13.1. The monoisotopic (exact) mass is 325 g/mol. The van der Waals surface area contributed by atoms with Crippen LogP contribution in [0.15, 0.2) is 40.8 Å². The minimum atomic E-state index is -1.28. The van der Waals surface area contributed by atoms with Crippen LogP contribution in [0.5, 0.6) is 5.75 Å². The molecule has 0 atom stereocenters. The quantitative estimate of drug-likeness (QED) is 0.637. The molecular formula is C18H15NO5. The summed E-state index contributed by atoms with van der Waals surface area (Å²) in [4.78, 5) is 23.5. The van der Waals surface area contributed by atoms with Crippen LogP contribution in [0, 0.1) is 13.8 Å². The molecule has 3 rings (SSSR count). The number of carbonyl (C=O) groups is 2. The third-order valence-electron chi connectivity index (χ3n) is 3.78. The van der Waals surface area contributed by atoms with Gasteiger partial charge in [0.15, 0.2) is 5.76 Å². The number of carboxylic acid groups (broad SMARTS) is 1. The Labute approximate surface area is 137 Å². The first-order chi connectivity index (χ1) is 11.4. The van der Waals surface area contributed by atoms with Gasteiger partial charge in [0.1, 0.15) is 16.9 Å².